The molecule has 0 radical (unpaired) electrons. The molecule has 0 aromatic heterocycles. The third-order valence-corrected chi connectivity index (χ3v) is 4.53. The highest BCUT2D eigenvalue weighted by molar-refractivity contribution is 5.90. The Morgan fingerprint density at radius 1 is 1.31 bits per heavy atom. The van der Waals surface area contributed by atoms with Gasteiger partial charge in [-0.25, -0.2) is 0 Å². The van der Waals surface area contributed by atoms with Gasteiger partial charge in [-0.1, -0.05) is 50.8 Å². The maximum atomic E-state index is 12.9. The van der Waals surface area contributed by atoms with Crippen molar-refractivity contribution < 1.29 is 9.53 Å². The molecule has 2 atom stereocenters. The number of rotatable bonds is 9. The first kappa shape index (κ1) is 22.3. The molecule has 1 aliphatic heterocycles. The molecule has 0 bridgehead atoms. The predicted molar refractivity (Wildman–Crippen MR) is 118 cm³/mol. The van der Waals surface area contributed by atoms with E-state index in [1.54, 1.807) is 13.2 Å². The largest absolute Gasteiger partial charge is 0.497 e. The molecule has 2 rings (SSSR count). The molecular weight excluding hydrogens is 364 g/mol. The lowest BCUT2D eigenvalue weighted by atomic mass is 10.0. The molecule has 1 heterocycles. The van der Waals surface area contributed by atoms with E-state index in [4.69, 9.17) is 4.74 Å². The van der Waals surface area contributed by atoms with E-state index in [0.717, 1.165) is 17.1 Å². The molecule has 0 spiro atoms. The highest BCUT2D eigenvalue weighted by atomic mass is 16.5. The van der Waals surface area contributed by atoms with Crippen molar-refractivity contribution in [3.05, 3.63) is 72.3 Å². The number of hydrogen-bond acceptors (Lipinski definition) is 4. The zero-order valence-corrected chi connectivity index (χ0v) is 17.7. The summed E-state index contributed by atoms with van der Waals surface area (Å²) in [5.74, 6) is 1.61. The Morgan fingerprint density at radius 3 is 2.62 bits per heavy atom. The molecule has 1 amide bonds. The quantitative estimate of drug-likeness (QED) is 0.442. The van der Waals surface area contributed by atoms with Crippen LogP contribution in [0.3, 0.4) is 0 Å². The van der Waals surface area contributed by atoms with E-state index in [1.165, 1.54) is 0 Å². The van der Waals surface area contributed by atoms with Gasteiger partial charge < -0.3 is 20.7 Å². The minimum Gasteiger partial charge on any atom is -0.497 e. The van der Waals surface area contributed by atoms with Gasteiger partial charge in [0.25, 0.3) is 0 Å². The van der Waals surface area contributed by atoms with Gasteiger partial charge in [-0.15, -0.1) is 0 Å². The van der Waals surface area contributed by atoms with Crippen LogP contribution in [-0.4, -0.2) is 31.4 Å². The lowest BCUT2D eigenvalue weighted by molar-refractivity contribution is -0.123. The monoisotopic (exact) mass is 396 g/mol. The van der Waals surface area contributed by atoms with Gasteiger partial charge in [-0.3, -0.25) is 9.79 Å². The molecule has 0 fully saturated rings. The van der Waals surface area contributed by atoms with Gasteiger partial charge >= 0.3 is 0 Å². The van der Waals surface area contributed by atoms with Crippen molar-refractivity contribution in [2.75, 3.05) is 13.7 Å². The summed E-state index contributed by atoms with van der Waals surface area (Å²) in [4.78, 5) is 17.6. The zero-order chi connectivity index (χ0) is 21.2. The van der Waals surface area contributed by atoms with Gasteiger partial charge in [-0.05, 0) is 37.0 Å². The molecular formula is C23H32N4O2. The second-order valence-electron chi connectivity index (χ2n) is 7.46. The number of ether oxygens (including phenoxy) is 1. The number of amides is 1. The standard InChI is InChI=1S/C23H32N4O2/c1-16(2)13-21(23(28)26-18(4)19-9-7-6-8-10-19)27-22-15-24-20(14-25-22)12-11-17(3)29-5/h6-12,14,16,18,21,24H,3,13,15H2,1-2,4-5H3,(H,25,27)(H,26,28)/b12-11+. The van der Waals surface area contributed by atoms with Crippen LogP contribution in [0.2, 0.25) is 0 Å². The SMILES string of the molecule is C=C(/C=C/C1=CNC(=NC(CC(C)C)C(=O)NC(C)c2ccccc2)CN1)OC. The molecule has 0 saturated carbocycles. The summed E-state index contributed by atoms with van der Waals surface area (Å²) < 4.78 is 5.02. The molecule has 2 unspecified atom stereocenters. The van der Waals surface area contributed by atoms with Gasteiger partial charge in [0.2, 0.25) is 5.91 Å². The number of carbonyl (C=O) groups excluding carboxylic acids is 1. The summed E-state index contributed by atoms with van der Waals surface area (Å²) >= 11 is 0. The molecule has 156 valence electrons. The van der Waals surface area contributed by atoms with Crippen LogP contribution < -0.4 is 16.0 Å². The van der Waals surface area contributed by atoms with E-state index in [1.807, 2.05) is 49.5 Å². The van der Waals surface area contributed by atoms with Crippen LogP contribution in [0, 0.1) is 5.92 Å². The minimum absolute atomic E-state index is 0.0598. The summed E-state index contributed by atoms with van der Waals surface area (Å²) in [6, 6.07) is 9.43. The molecule has 6 nitrogen and oxygen atoms in total. The summed E-state index contributed by atoms with van der Waals surface area (Å²) in [7, 11) is 1.58. The average Bonchev–Trinajstić information content (AvgIpc) is 2.72. The fraction of sp³-hybridized carbons (Fsp3) is 0.391. The first-order valence-electron chi connectivity index (χ1n) is 9.92. The zero-order valence-electron chi connectivity index (χ0n) is 17.7. The number of aliphatic imine (C=N–C) groups is 1. The molecule has 1 aliphatic rings. The normalized spacial score (nSPS) is 17.3. The van der Waals surface area contributed by atoms with Gasteiger partial charge in [0.05, 0.1) is 25.4 Å². The number of carbonyl (C=O) groups is 1. The Hall–Kier alpha value is -3.02. The smallest absolute Gasteiger partial charge is 0.245 e. The van der Waals surface area contributed by atoms with E-state index in [2.05, 4.69) is 41.4 Å². The number of methoxy groups -OCH3 is 1. The van der Waals surface area contributed by atoms with Crippen LogP contribution >= 0.6 is 0 Å². The fourth-order valence-corrected chi connectivity index (χ4v) is 2.88. The maximum absolute atomic E-state index is 12.9. The Morgan fingerprint density at radius 2 is 2.03 bits per heavy atom. The summed E-state index contributed by atoms with van der Waals surface area (Å²) in [5.41, 5.74) is 1.97. The first-order chi connectivity index (χ1) is 13.9. The summed E-state index contributed by atoms with van der Waals surface area (Å²) in [6.07, 6.45) is 6.15. The van der Waals surface area contributed by atoms with Crippen LogP contribution in [0.25, 0.3) is 0 Å². The van der Waals surface area contributed by atoms with Gasteiger partial charge in [-0.2, -0.15) is 0 Å². The van der Waals surface area contributed by atoms with Crippen LogP contribution in [0.15, 0.2) is 71.7 Å². The van der Waals surface area contributed by atoms with Crippen LogP contribution in [0.4, 0.5) is 0 Å². The van der Waals surface area contributed by atoms with Gasteiger partial charge in [0.15, 0.2) is 0 Å². The lowest BCUT2D eigenvalue weighted by Crippen LogP contribution is -2.41. The number of allylic oxidation sites excluding steroid dienone is 2. The summed E-state index contributed by atoms with van der Waals surface area (Å²) in [5, 5.41) is 9.54. The Bertz CT molecular complexity index is 781. The van der Waals surface area contributed by atoms with Gasteiger partial charge in [0, 0.05) is 6.20 Å². The second-order valence-corrected chi connectivity index (χ2v) is 7.46. The molecule has 1 aromatic rings. The van der Waals surface area contributed by atoms with E-state index in [-0.39, 0.29) is 11.9 Å². The fourth-order valence-electron chi connectivity index (χ4n) is 2.88. The first-order valence-corrected chi connectivity index (χ1v) is 9.92. The number of amidine groups is 1. The summed E-state index contributed by atoms with van der Waals surface area (Å²) in [6.45, 7) is 10.5. The Balaban J connectivity index is 2.04. The van der Waals surface area contributed by atoms with Crippen molar-refractivity contribution in [3.63, 3.8) is 0 Å². The average molecular weight is 397 g/mol. The van der Waals surface area contributed by atoms with Crippen LogP contribution in [-0.2, 0) is 9.53 Å². The van der Waals surface area contributed by atoms with Crippen molar-refractivity contribution in [1.29, 1.82) is 0 Å². The van der Waals surface area contributed by atoms with Crippen molar-refractivity contribution in [1.82, 2.24) is 16.0 Å². The van der Waals surface area contributed by atoms with Crippen molar-refractivity contribution in [2.45, 2.75) is 39.3 Å². The van der Waals surface area contributed by atoms with Crippen molar-refractivity contribution in [2.24, 2.45) is 10.9 Å². The molecule has 0 saturated heterocycles. The number of benzene rings is 1. The minimum atomic E-state index is -0.441. The Kier molecular flexibility index (Phi) is 8.52. The molecule has 6 heteroatoms. The third-order valence-electron chi connectivity index (χ3n) is 4.53. The number of hydrogen-bond donors (Lipinski definition) is 3. The van der Waals surface area contributed by atoms with Crippen molar-refractivity contribution in [3.8, 4) is 0 Å². The Labute approximate surface area is 173 Å². The van der Waals surface area contributed by atoms with Crippen molar-refractivity contribution >= 4 is 11.7 Å². The molecule has 1 aromatic carbocycles. The highest BCUT2D eigenvalue weighted by Crippen LogP contribution is 2.14. The van der Waals surface area contributed by atoms with E-state index >= 15 is 0 Å². The van der Waals surface area contributed by atoms with E-state index < -0.39 is 6.04 Å². The van der Waals surface area contributed by atoms with Crippen LogP contribution in [0.1, 0.15) is 38.8 Å². The van der Waals surface area contributed by atoms with E-state index in [0.29, 0.717) is 24.6 Å². The number of nitrogens with one attached hydrogen (secondary N) is 3. The van der Waals surface area contributed by atoms with E-state index in [9.17, 15) is 4.79 Å². The third kappa shape index (κ3) is 7.49. The van der Waals surface area contributed by atoms with Gasteiger partial charge in [0.1, 0.15) is 17.6 Å². The predicted octanol–water partition coefficient (Wildman–Crippen LogP) is 3.43. The maximum Gasteiger partial charge on any atom is 0.245 e. The number of nitrogens with zero attached hydrogens (tertiary/aromatic N) is 1. The highest BCUT2D eigenvalue weighted by Gasteiger charge is 2.22. The van der Waals surface area contributed by atoms with Crippen LogP contribution in [0.5, 0.6) is 0 Å². The topological polar surface area (TPSA) is 74.8 Å². The molecule has 0 aliphatic carbocycles. The lowest BCUT2D eigenvalue weighted by Gasteiger charge is -2.22. The molecule has 29 heavy (non-hydrogen) atoms. The second kappa shape index (κ2) is 11.1. The molecule has 3 N–H and O–H groups in total.